The summed E-state index contributed by atoms with van der Waals surface area (Å²) in [7, 11) is 0. The summed E-state index contributed by atoms with van der Waals surface area (Å²) in [5, 5.41) is 12.8. The number of hydrogen-bond acceptors (Lipinski definition) is 6. The van der Waals surface area contributed by atoms with E-state index >= 15 is 0 Å². The molecule has 8 heteroatoms. The molecule has 2 aromatic heterocycles. The topological polar surface area (TPSA) is 84.9 Å². The van der Waals surface area contributed by atoms with Gasteiger partial charge in [-0.1, -0.05) is 5.16 Å². The fourth-order valence-electron chi connectivity index (χ4n) is 1.83. The highest BCUT2D eigenvalue weighted by Crippen LogP contribution is 2.20. The summed E-state index contributed by atoms with van der Waals surface area (Å²) < 4.78 is 29.4. The number of aromatic nitrogens is 4. The van der Waals surface area contributed by atoms with Crippen LogP contribution in [-0.2, 0) is 6.42 Å². The van der Waals surface area contributed by atoms with E-state index in [1.165, 1.54) is 0 Å². The van der Waals surface area contributed by atoms with E-state index in [2.05, 4.69) is 20.1 Å². The fourth-order valence-corrected chi connectivity index (χ4v) is 1.83. The van der Waals surface area contributed by atoms with E-state index in [-0.39, 0.29) is 11.7 Å². The molecule has 3 aromatic rings. The molecule has 6 nitrogen and oxygen atoms in total. The van der Waals surface area contributed by atoms with E-state index in [4.69, 9.17) is 9.63 Å². The summed E-state index contributed by atoms with van der Waals surface area (Å²) in [6.07, 6.45) is -1.91. The van der Waals surface area contributed by atoms with Gasteiger partial charge in [-0.2, -0.15) is 4.98 Å². The van der Waals surface area contributed by atoms with Gasteiger partial charge in [-0.25, -0.2) is 8.78 Å². The Morgan fingerprint density at radius 3 is 2.67 bits per heavy atom. The van der Waals surface area contributed by atoms with E-state index in [1.807, 2.05) is 0 Å². The molecule has 1 unspecified atom stereocenters. The predicted octanol–water partition coefficient (Wildman–Crippen LogP) is 1.85. The molecule has 0 aliphatic carbocycles. The third kappa shape index (κ3) is 2.84. The van der Waals surface area contributed by atoms with Gasteiger partial charge in [0, 0.05) is 18.0 Å². The summed E-state index contributed by atoms with van der Waals surface area (Å²) in [6.45, 7) is 0. The molecule has 1 N–H and O–H groups in total. The van der Waals surface area contributed by atoms with E-state index in [9.17, 15) is 8.78 Å². The third-order valence-corrected chi connectivity index (χ3v) is 2.87. The zero-order chi connectivity index (χ0) is 14.8. The molecule has 21 heavy (non-hydrogen) atoms. The van der Waals surface area contributed by atoms with Crippen LogP contribution in [0.25, 0.3) is 22.4 Å². The summed E-state index contributed by atoms with van der Waals surface area (Å²) in [5.74, 6) is 0.205. The highest BCUT2D eigenvalue weighted by molar-refractivity contribution is 5.79. The minimum absolute atomic E-state index is 0.0444. The average Bonchev–Trinajstić information content (AvgIpc) is 2.95. The summed E-state index contributed by atoms with van der Waals surface area (Å²) in [6, 6.07) is 5.21. The van der Waals surface area contributed by atoms with Crippen molar-refractivity contribution in [3.63, 3.8) is 0 Å². The molecule has 0 aliphatic rings. The van der Waals surface area contributed by atoms with Gasteiger partial charge in [0.1, 0.15) is 6.10 Å². The molecule has 0 bridgehead atoms. The number of rotatable bonds is 4. The summed E-state index contributed by atoms with van der Waals surface area (Å²) >= 11 is 0. The molecule has 0 saturated carbocycles. The molecule has 108 valence electrons. The van der Waals surface area contributed by atoms with Crippen molar-refractivity contribution in [2.45, 2.75) is 19.0 Å². The van der Waals surface area contributed by atoms with E-state index in [0.717, 1.165) is 5.52 Å². The summed E-state index contributed by atoms with van der Waals surface area (Å²) in [4.78, 5) is 12.3. The maximum atomic E-state index is 12.3. The van der Waals surface area contributed by atoms with Crippen LogP contribution >= 0.6 is 0 Å². The van der Waals surface area contributed by atoms with Crippen LogP contribution in [0.3, 0.4) is 0 Å². The lowest BCUT2D eigenvalue weighted by Crippen LogP contribution is -2.20. The highest BCUT2D eigenvalue weighted by atomic mass is 19.3. The maximum absolute atomic E-state index is 12.3. The Morgan fingerprint density at radius 2 is 1.90 bits per heavy atom. The molecule has 0 aliphatic heterocycles. The predicted molar refractivity (Wildman–Crippen MR) is 68.5 cm³/mol. The number of halogens is 2. The first-order valence-corrected chi connectivity index (χ1v) is 6.13. The van der Waals surface area contributed by atoms with Crippen LogP contribution in [0.2, 0.25) is 0 Å². The lowest BCUT2D eigenvalue weighted by atomic mass is 10.2. The number of benzene rings is 1. The van der Waals surface area contributed by atoms with E-state index < -0.39 is 19.0 Å². The Labute approximate surface area is 117 Å². The molecular weight excluding hydrogens is 282 g/mol. The second-order valence-corrected chi connectivity index (χ2v) is 4.38. The van der Waals surface area contributed by atoms with Crippen molar-refractivity contribution in [1.82, 2.24) is 20.1 Å². The lowest BCUT2D eigenvalue weighted by molar-refractivity contribution is -0.00754. The summed E-state index contributed by atoms with van der Waals surface area (Å²) in [5.41, 5.74) is 2.01. The van der Waals surface area contributed by atoms with Crippen LogP contribution < -0.4 is 0 Å². The first-order chi connectivity index (χ1) is 10.1. The fraction of sp³-hybridized carbons (Fsp3) is 0.231. The number of aliphatic hydroxyl groups excluding tert-OH is 1. The quantitative estimate of drug-likeness (QED) is 0.790. The molecule has 2 heterocycles. The molecule has 1 aromatic carbocycles. The van der Waals surface area contributed by atoms with Crippen LogP contribution in [-0.4, -0.2) is 37.7 Å². The minimum atomic E-state index is -2.85. The van der Waals surface area contributed by atoms with Crippen molar-refractivity contribution < 1.29 is 18.4 Å². The number of nitrogens with zero attached hydrogens (tertiary/aromatic N) is 4. The van der Waals surface area contributed by atoms with Crippen molar-refractivity contribution in [2.24, 2.45) is 0 Å². The van der Waals surface area contributed by atoms with Crippen LogP contribution in [0.15, 0.2) is 35.1 Å². The maximum Gasteiger partial charge on any atom is 0.264 e. The lowest BCUT2D eigenvalue weighted by Gasteiger charge is -2.04. The van der Waals surface area contributed by atoms with Crippen molar-refractivity contribution >= 4 is 11.0 Å². The molecule has 0 saturated heterocycles. The first-order valence-electron chi connectivity index (χ1n) is 6.13. The molecule has 3 rings (SSSR count). The number of aliphatic hydroxyl groups is 1. The highest BCUT2D eigenvalue weighted by Gasteiger charge is 2.21. The molecule has 0 radical (unpaired) electrons. The number of hydrogen-bond donors (Lipinski definition) is 1. The van der Waals surface area contributed by atoms with E-state index in [0.29, 0.717) is 11.1 Å². The smallest absolute Gasteiger partial charge is 0.264 e. The van der Waals surface area contributed by atoms with Crippen LogP contribution in [0.1, 0.15) is 5.89 Å². The van der Waals surface area contributed by atoms with Crippen molar-refractivity contribution in [3.8, 4) is 11.4 Å². The van der Waals surface area contributed by atoms with Gasteiger partial charge >= 0.3 is 0 Å². The second-order valence-electron chi connectivity index (χ2n) is 4.38. The Morgan fingerprint density at radius 1 is 1.14 bits per heavy atom. The van der Waals surface area contributed by atoms with Gasteiger partial charge in [0.2, 0.25) is 11.7 Å². The first kappa shape index (κ1) is 13.5. The van der Waals surface area contributed by atoms with Crippen LogP contribution in [0.5, 0.6) is 0 Å². The van der Waals surface area contributed by atoms with Gasteiger partial charge in [-0.15, -0.1) is 0 Å². The van der Waals surface area contributed by atoms with Gasteiger partial charge < -0.3 is 9.63 Å². The number of alkyl halides is 2. The Bertz CT molecular complexity index is 763. The average molecular weight is 292 g/mol. The normalized spacial score (nSPS) is 13.0. The minimum Gasteiger partial charge on any atom is -0.387 e. The van der Waals surface area contributed by atoms with Crippen molar-refractivity contribution in [2.75, 3.05) is 0 Å². The largest absolute Gasteiger partial charge is 0.387 e. The van der Waals surface area contributed by atoms with Crippen molar-refractivity contribution in [3.05, 3.63) is 36.5 Å². The molecule has 1 atom stereocenters. The third-order valence-electron chi connectivity index (χ3n) is 2.87. The Kier molecular flexibility index (Phi) is 3.53. The molecule has 0 fully saturated rings. The Hall–Kier alpha value is -2.48. The SMILES string of the molecule is OC(Cc1nc(-c2ccc3nccnc3c2)no1)C(F)F. The Balaban J connectivity index is 1.87. The molecule has 0 amide bonds. The van der Waals surface area contributed by atoms with Gasteiger partial charge in [-0.3, -0.25) is 9.97 Å². The van der Waals surface area contributed by atoms with Crippen molar-refractivity contribution in [1.29, 1.82) is 0 Å². The zero-order valence-electron chi connectivity index (χ0n) is 10.6. The van der Waals surface area contributed by atoms with Gasteiger partial charge in [0.15, 0.2) is 0 Å². The van der Waals surface area contributed by atoms with Gasteiger partial charge in [0.05, 0.1) is 17.5 Å². The van der Waals surface area contributed by atoms with Crippen LogP contribution in [0, 0.1) is 0 Å². The van der Waals surface area contributed by atoms with Crippen LogP contribution in [0.4, 0.5) is 8.78 Å². The van der Waals surface area contributed by atoms with Gasteiger partial charge in [0.25, 0.3) is 6.43 Å². The van der Waals surface area contributed by atoms with E-state index in [1.54, 1.807) is 30.6 Å². The second kappa shape index (κ2) is 5.49. The van der Waals surface area contributed by atoms with Gasteiger partial charge in [-0.05, 0) is 18.2 Å². The number of fused-ring (bicyclic) bond motifs is 1. The zero-order valence-corrected chi connectivity index (χ0v) is 10.6. The molecule has 0 spiro atoms. The monoisotopic (exact) mass is 292 g/mol. The molecular formula is C13H10F2N4O2. The standard InChI is InChI=1S/C13H10F2N4O2/c14-12(15)10(20)6-11-18-13(19-21-11)7-1-2-8-9(5-7)17-4-3-16-8/h1-5,10,12,20H,6H2.